The highest BCUT2D eigenvalue weighted by Crippen LogP contribution is 2.23. The molecule has 0 bridgehead atoms. The zero-order chi connectivity index (χ0) is 10.7. The van der Waals surface area contributed by atoms with Gasteiger partial charge in [0, 0.05) is 6.20 Å². The maximum absolute atomic E-state index is 5.72. The zero-order valence-corrected chi connectivity index (χ0v) is 11.3. The van der Waals surface area contributed by atoms with E-state index in [0.29, 0.717) is 11.1 Å². The Morgan fingerprint density at radius 2 is 2.20 bits per heavy atom. The predicted molar refractivity (Wildman–Crippen MR) is 70.6 cm³/mol. The summed E-state index contributed by atoms with van der Waals surface area (Å²) in [5.74, 6) is 0.891. The molecule has 0 radical (unpaired) electrons. The van der Waals surface area contributed by atoms with Crippen molar-refractivity contribution in [2.24, 2.45) is 0 Å². The van der Waals surface area contributed by atoms with Gasteiger partial charge in [0.25, 0.3) is 0 Å². The van der Waals surface area contributed by atoms with Crippen LogP contribution < -0.4 is 4.74 Å². The molecule has 1 heterocycles. The number of hydrogen-bond acceptors (Lipinski definition) is 3. The molecule has 0 fully saturated rings. The van der Waals surface area contributed by atoms with Gasteiger partial charge in [0.05, 0.1) is 8.45 Å². The standard InChI is InChI=1S/C10H7ClINOS/c11-10-13-5-7(15-10)6-14-9-4-2-1-3-8(9)12/h1-5H,6H2. The van der Waals surface area contributed by atoms with E-state index in [1.165, 1.54) is 11.3 Å². The summed E-state index contributed by atoms with van der Waals surface area (Å²) in [7, 11) is 0. The fourth-order valence-electron chi connectivity index (χ4n) is 1.06. The molecular formula is C10H7ClINOS. The number of hydrogen-bond donors (Lipinski definition) is 0. The number of thiazole rings is 1. The number of ether oxygens (including phenoxy) is 1. The molecule has 1 aromatic carbocycles. The van der Waals surface area contributed by atoms with Crippen LogP contribution in [-0.4, -0.2) is 4.98 Å². The normalized spacial score (nSPS) is 10.3. The lowest BCUT2D eigenvalue weighted by atomic mass is 10.3. The largest absolute Gasteiger partial charge is 0.487 e. The lowest BCUT2D eigenvalue weighted by molar-refractivity contribution is 0.307. The molecule has 0 spiro atoms. The number of halogens is 2. The molecule has 0 unspecified atom stereocenters. The average Bonchev–Trinajstić information content (AvgIpc) is 2.63. The van der Waals surface area contributed by atoms with Crippen molar-refractivity contribution in [2.75, 3.05) is 0 Å². The molecule has 1 aromatic heterocycles. The molecule has 5 heteroatoms. The van der Waals surface area contributed by atoms with E-state index in [1.54, 1.807) is 6.20 Å². The second-order valence-electron chi connectivity index (χ2n) is 2.80. The number of para-hydroxylation sites is 1. The SMILES string of the molecule is Clc1ncc(COc2ccccc2I)s1. The fourth-order valence-corrected chi connectivity index (χ4v) is 2.50. The lowest BCUT2D eigenvalue weighted by Gasteiger charge is -2.05. The molecule has 78 valence electrons. The minimum Gasteiger partial charge on any atom is -0.487 e. The summed E-state index contributed by atoms with van der Waals surface area (Å²) < 4.78 is 7.30. The van der Waals surface area contributed by atoms with E-state index in [0.717, 1.165) is 14.2 Å². The van der Waals surface area contributed by atoms with E-state index in [-0.39, 0.29) is 0 Å². The predicted octanol–water partition coefficient (Wildman–Crippen LogP) is 3.98. The van der Waals surface area contributed by atoms with Gasteiger partial charge in [0.2, 0.25) is 0 Å². The molecule has 2 nitrogen and oxygen atoms in total. The smallest absolute Gasteiger partial charge is 0.183 e. The number of rotatable bonds is 3. The van der Waals surface area contributed by atoms with Gasteiger partial charge in [0.15, 0.2) is 4.47 Å². The summed E-state index contributed by atoms with van der Waals surface area (Å²) in [4.78, 5) is 4.98. The second-order valence-corrected chi connectivity index (χ2v) is 5.66. The molecule has 0 N–H and O–H groups in total. The first-order valence-corrected chi connectivity index (χ1v) is 6.50. The summed E-state index contributed by atoms with van der Waals surface area (Å²) in [6, 6.07) is 7.90. The van der Waals surface area contributed by atoms with Gasteiger partial charge in [-0.1, -0.05) is 23.7 Å². The Morgan fingerprint density at radius 3 is 2.87 bits per heavy atom. The Labute approximate surface area is 110 Å². The molecule has 0 aliphatic heterocycles. The lowest BCUT2D eigenvalue weighted by Crippen LogP contribution is -1.94. The van der Waals surface area contributed by atoms with Crippen molar-refractivity contribution in [3.8, 4) is 5.75 Å². The number of aromatic nitrogens is 1. The third-order valence-electron chi connectivity index (χ3n) is 1.73. The van der Waals surface area contributed by atoms with Crippen molar-refractivity contribution in [3.05, 3.63) is 43.4 Å². The average molecular weight is 352 g/mol. The van der Waals surface area contributed by atoms with Gasteiger partial charge >= 0.3 is 0 Å². The van der Waals surface area contributed by atoms with E-state index in [4.69, 9.17) is 16.3 Å². The highest BCUT2D eigenvalue weighted by Gasteiger charge is 2.02. The molecule has 0 saturated carbocycles. The third kappa shape index (κ3) is 3.06. The molecule has 0 amide bonds. The Morgan fingerprint density at radius 1 is 1.40 bits per heavy atom. The Bertz CT molecular complexity index is 460. The van der Waals surface area contributed by atoms with Crippen LogP contribution in [0.25, 0.3) is 0 Å². The summed E-state index contributed by atoms with van der Waals surface area (Å²) in [6.07, 6.45) is 1.74. The van der Waals surface area contributed by atoms with Crippen LogP contribution in [0.5, 0.6) is 5.75 Å². The first-order chi connectivity index (χ1) is 7.25. The molecule has 15 heavy (non-hydrogen) atoms. The summed E-state index contributed by atoms with van der Waals surface area (Å²) in [5, 5.41) is 0. The number of nitrogens with zero attached hydrogens (tertiary/aromatic N) is 1. The maximum Gasteiger partial charge on any atom is 0.183 e. The van der Waals surface area contributed by atoms with Gasteiger partial charge in [-0.05, 0) is 34.7 Å². The summed E-state index contributed by atoms with van der Waals surface area (Å²) in [6.45, 7) is 0.518. The highest BCUT2D eigenvalue weighted by molar-refractivity contribution is 14.1. The highest BCUT2D eigenvalue weighted by atomic mass is 127. The van der Waals surface area contributed by atoms with Crippen molar-refractivity contribution in [1.82, 2.24) is 4.98 Å². The Hall–Kier alpha value is -0.330. The Balaban J connectivity index is 2.02. The van der Waals surface area contributed by atoms with E-state index in [9.17, 15) is 0 Å². The van der Waals surface area contributed by atoms with Crippen molar-refractivity contribution in [3.63, 3.8) is 0 Å². The minimum absolute atomic E-state index is 0.518. The zero-order valence-electron chi connectivity index (χ0n) is 7.61. The first-order valence-electron chi connectivity index (χ1n) is 4.23. The quantitative estimate of drug-likeness (QED) is 0.780. The van der Waals surface area contributed by atoms with Gasteiger partial charge in [-0.15, -0.1) is 11.3 Å². The maximum atomic E-state index is 5.72. The van der Waals surface area contributed by atoms with Crippen LogP contribution in [-0.2, 0) is 6.61 Å². The Kier molecular flexibility index (Phi) is 3.82. The van der Waals surface area contributed by atoms with E-state index in [2.05, 4.69) is 27.6 Å². The molecule has 0 saturated heterocycles. The van der Waals surface area contributed by atoms with Gasteiger partial charge in [-0.2, -0.15) is 0 Å². The minimum atomic E-state index is 0.518. The second kappa shape index (κ2) is 5.14. The van der Waals surface area contributed by atoms with Gasteiger partial charge in [-0.3, -0.25) is 0 Å². The molecule has 0 aliphatic carbocycles. The van der Waals surface area contributed by atoms with Crippen LogP contribution in [0.3, 0.4) is 0 Å². The van der Waals surface area contributed by atoms with E-state index >= 15 is 0 Å². The van der Waals surface area contributed by atoms with Gasteiger partial charge < -0.3 is 4.74 Å². The summed E-state index contributed by atoms with van der Waals surface area (Å²) >= 11 is 9.41. The molecule has 2 aromatic rings. The van der Waals surface area contributed by atoms with Crippen molar-refractivity contribution < 1.29 is 4.74 Å². The summed E-state index contributed by atoms with van der Waals surface area (Å²) in [5.41, 5.74) is 0. The third-order valence-corrected chi connectivity index (χ3v) is 3.71. The van der Waals surface area contributed by atoms with Gasteiger partial charge in [0.1, 0.15) is 12.4 Å². The van der Waals surface area contributed by atoms with Crippen LogP contribution in [0.15, 0.2) is 30.5 Å². The molecule has 2 rings (SSSR count). The number of benzene rings is 1. The topological polar surface area (TPSA) is 22.1 Å². The molecule has 0 atom stereocenters. The molecule has 0 aliphatic rings. The van der Waals surface area contributed by atoms with Crippen LogP contribution in [0.2, 0.25) is 4.47 Å². The fraction of sp³-hybridized carbons (Fsp3) is 0.100. The van der Waals surface area contributed by atoms with Crippen LogP contribution in [0.1, 0.15) is 4.88 Å². The van der Waals surface area contributed by atoms with Crippen LogP contribution in [0, 0.1) is 3.57 Å². The van der Waals surface area contributed by atoms with Crippen molar-refractivity contribution in [2.45, 2.75) is 6.61 Å². The van der Waals surface area contributed by atoms with E-state index < -0.39 is 0 Å². The van der Waals surface area contributed by atoms with Crippen LogP contribution >= 0.6 is 45.5 Å². The monoisotopic (exact) mass is 351 g/mol. The molecular weight excluding hydrogens is 345 g/mol. The van der Waals surface area contributed by atoms with Crippen molar-refractivity contribution >= 4 is 45.5 Å². The van der Waals surface area contributed by atoms with Gasteiger partial charge in [-0.25, -0.2) is 4.98 Å². The van der Waals surface area contributed by atoms with Crippen LogP contribution in [0.4, 0.5) is 0 Å². The first kappa shape index (κ1) is 11.2. The van der Waals surface area contributed by atoms with Crippen molar-refractivity contribution in [1.29, 1.82) is 0 Å². The van der Waals surface area contributed by atoms with E-state index in [1.807, 2.05) is 24.3 Å².